The Labute approximate surface area is 222 Å². The molecule has 1 unspecified atom stereocenters. The molecule has 8 heteroatoms. The van der Waals surface area contributed by atoms with Gasteiger partial charge in [0, 0.05) is 0 Å². The van der Waals surface area contributed by atoms with E-state index in [9.17, 15) is 19.5 Å². The highest BCUT2D eigenvalue weighted by Gasteiger charge is 2.20. The number of aliphatic hydroxyl groups is 2. The molecular weight excluding hydrogens is 476 g/mol. The molecule has 8 nitrogen and oxygen atoms in total. The quantitative estimate of drug-likeness (QED) is 0.119. The summed E-state index contributed by atoms with van der Waals surface area (Å²) in [6.45, 7) is 3.96. The maximum absolute atomic E-state index is 12.3. The minimum absolute atomic E-state index is 0.0526. The van der Waals surface area contributed by atoms with E-state index in [0.717, 1.165) is 25.7 Å². The zero-order chi connectivity index (χ0) is 27.9. The molecule has 0 saturated heterocycles. The molecule has 1 rings (SSSR count). The van der Waals surface area contributed by atoms with E-state index in [1.165, 1.54) is 88.5 Å². The summed E-state index contributed by atoms with van der Waals surface area (Å²) in [6.07, 6.45) is 15.5. The van der Waals surface area contributed by atoms with Crippen LogP contribution in [0.2, 0.25) is 0 Å². The molecule has 0 aliphatic heterocycles. The number of carboxylic acid groups (broad SMARTS) is 2. The van der Waals surface area contributed by atoms with Crippen molar-refractivity contribution in [2.24, 2.45) is 5.92 Å². The van der Waals surface area contributed by atoms with Crippen molar-refractivity contribution in [1.82, 2.24) is 0 Å². The van der Waals surface area contributed by atoms with Crippen LogP contribution in [0.5, 0.6) is 0 Å². The molecule has 1 aromatic rings. The van der Waals surface area contributed by atoms with Gasteiger partial charge >= 0.3 is 17.9 Å². The van der Waals surface area contributed by atoms with E-state index in [1.54, 1.807) is 0 Å². The van der Waals surface area contributed by atoms with Crippen molar-refractivity contribution in [2.75, 3.05) is 13.2 Å². The topological polar surface area (TPSA) is 141 Å². The second-order valence-corrected chi connectivity index (χ2v) is 9.43. The smallest absolute Gasteiger partial charge is 0.336 e. The molecule has 0 aliphatic rings. The second-order valence-electron chi connectivity index (χ2n) is 9.43. The third-order valence-corrected chi connectivity index (χ3v) is 6.16. The van der Waals surface area contributed by atoms with Crippen LogP contribution in [0.1, 0.15) is 124 Å². The first-order chi connectivity index (χ1) is 17.8. The Kier molecular flexibility index (Phi) is 21.2. The number of unbranched alkanes of at least 4 members (excludes halogenated alkanes) is 10. The average molecular weight is 525 g/mol. The summed E-state index contributed by atoms with van der Waals surface area (Å²) in [6, 6.07) is 5.48. The van der Waals surface area contributed by atoms with Crippen LogP contribution in [-0.4, -0.2) is 57.7 Å². The summed E-state index contributed by atoms with van der Waals surface area (Å²) in [5.41, 5.74) is -0.380. The molecule has 0 saturated carbocycles. The van der Waals surface area contributed by atoms with Crippen LogP contribution >= 0.6 is 0 Å². The number of hydrogen-bond acceptors (Lipinski definition) is 6. The molecule has 0 fully saturated rings. The van der Waals surface area contributed by atoms with Crippen LogP contribution in [-0.2, 0) is 9.53 Å². The van der Waals surface area contributed by atoms with E-state index in [4.69, 9.17) is 20.1 Å². The standard InChI is InChI=1S/C21H42O4.C8H6O4/c1-3-5-7-9-11-13-15-19(16-14-12-10-8-6-4-2)21(24)25-18-20(23)17-22;9-7(10)5-3-1-2-4-6(5)8(11)12/h19-20,22-23H,3-18H2,1-2H3;1-4H,(H,9,10)(H,11,12). The molecule has 0 bridgehead atoms. The fourth-order valence-corrected chi connectivity index (χ4v) is 3.93. The molecule has 0 heterocycles. The number of ether oxygens (including phenoxy) is 1. The zero-order valence-electron chi connectivity index (χ0n) is 22.7. The number of carboxylic acids is 2. The monoisotopic (exact) mass is 524 g/mol. The first-order valence-electron chi connectivity index (χ1n) is 13.8. The first kappa shape index (κ1) is 34.6. The number of hydrogen-bond donors (Lipinski definition) is 4. The fraction of sp³-hybridized carbons (Fsp3) is 0.690. The number of carbonyl (C=O) groups is 3. The van der Waals surface area contributed by atoms with Gasteiger partial charge in [0.25, 0.3) is 0 Å². The second kappa shape index (κ2) is 22.7. The van der Waals surface area contributed by atoms with Crippen molar-refractivity contribution in [1.29, 1.82) is 0 Å². The van der Waals surface area contributed by atoms with Crippen molar-refractivity contribution in [3.05, 3.63) is 35.4 Å². The Morgan fingerprint density at radius 3 is 1.51 bits per heavy atom. The molecule has 0 amide bonds. The zero-order valence-corrected chi connectivity index (χ0v) is 22.7. The predicted octanol–water partition coefficient (Wildman–Crippen LogP) is 6.08. The Morgan fingerprint density at radius 1 is 0.730 bits per heavy atom. The van der Waals surface area contributed by atoms with Gasteiger partial charge in [-0.15, -0.1) is 0 Å². The van der Waals surface area contributed by atoms with Crippen LogP contribution < -0.4 is 0 Å². The molecule has 0 spiro atoms. The Hall–Kier alpha value is -2.45. The minimum Gasteiger partial charge on any atom is -0.478 e. The maximum atomic E-state index is 12.3. The molecule has 0 aliphatic carbocycles. The fourth-order valence-electron chi connectivity index (χ4n) is 3.93. The van der Waals surface area contributed by atoms with Gasteiger partial charge in [-0.2, -0.15) is 0 Å². The van der Waals surface area contributed by atoms with Crippen LogP contribution in [0.15, 0.2) is 24.3 Å². The minimum atomic E-state index is -1.23. The normalized spacial score (nSPS) is 11.5. The highest BCUT2D eigenvalue weighted by atomic mass is 16.5. The van der Waals surface area contributed by atoms with Crippen LogP contribution in [0.4, 0.5) is 0 Å². The van der Waals surface area contributed by atoms with Crippen molar-refractivity contribution in [2.45, 2.75) is 110 Å². The number of aliphatic hydroxyl groups excluding tert-OH is 2. The van der Waals surface area contributed by atoms with Gasteiger partial charge in [-0.05, 0) is 25.0 Å². The Bertz CT molecular complexity index is 700. The molecule has 1 atom stereocenters. The van der Waals surface area contributed by atoms with E-state index >= 15 is 0 Å². The lowest BCUT2D eigenvalue weighted by Crippen LogP contribution is -2.25. The first-order valence-corrected chi connectivity index (χ1v) is 13.8. The van der Waals surface area contributed by atoms with Crippen molar-refractivity contribution < 1.29 is 39.5 Å². The van der Waals surface area contributed by atoms with Gasteiger partial charge in [0.2, 0.25) is 0 Å². The molecule has 212 valence electrons. The molecule has 0 aromatic heterocycles. The van der Waals surface area contributed by atoms with E-state index in [0.29, 0.717) is 0 Å². The van der Waals surface area contributed by atoms with E-state index in [2.05, 4.69) is 13.8 Å². The van der Waals surface area contributed by atoms with Gasteiger partial charge in [-0.3, -0.25) is 4.79 Å². The van der Waals surface area contributed by atoms with Crippen LogP contribution in [0.3, 0.4) is 0 Å². The summed E-state index contributed by atoms with van der Waals surface area (Å²) in [4.78, 5) is 33.2. The number of aromatic carboxylic acids is 2. The lowest BCUT2D eigenvalue weighted by molar-refractivity contribution is -0.152. The van der Waals surface area contributed by atoms with Crippen LogP contribution in [0, 0.1) is 5.92 Å². The highest BCUT2D eigenvalue weighted by Crippen LogP contribution is 2.21. The lowest BCUT2D eigenvalue weighted by Gasteiger charge is -2.17. The average Bonchev–Trinajstić information content (AvgIpc) is 2.89. The third-order valence-electron chi connectivity index (χ3n) is 6.16. The largest absolute Gasteiger partial charge is 0.478 e. The Morgan fingerprint density at radius 2 is 1.14 bits per heavy atom. The number of benzene rings is 1. The number of esters is 1. The molecule has 4 N–H and O–H groups in total. The summed E-state index contributed by atoms with van der Waals surface area (Å²) in [5, 5.41) is 35.3. The molecule has 37 heavy (non-hydrogen) atoms. The van der Waals surface area contributed by atoms with Crippen molar-refractivity contribution in [3.8, 4) is 0 Å². The van der Waals surface area contributed by atoms with Gasteiger partial charge in [0.05, 0.1) is 23.7 Å². The maximum Gasteiger partial charge on any atom is 0.336 e. The molecule has 0 radical (unpaired) electrons. The van der Waals surface area contributed by atoms with E-state index in [1.807, 2.05) is 0 Å². The van der Waals surface area contributed by atoms with Gasteiger partial charge in [-0.25, -0.2) is 9.59 Å². The van der Waals surface area contributed by atoms with E-state index in [-0.39, 0.29) is 36.2 Å². The number of rotatable bonds is 20. The summed E-state index contributed by atoms with van der Waals surface area (Å²) < 4.78 is 5.20. The summed E-state index contributed by atoms with van der Waals surface area (Å²) in [5.74, 6) is -2.71. The SMILES string of the molecule is CCCCCCCCC(CCCCCCCC)C(=O)OCC(O)CO.O=C(O)c1ccccc1C(=O)O. The van der Waals surface area contributed by atoms with Gasteiger partial charge in [0.15, 0.2) is 0 Å². The summed E-state index contributed by atoms with van der Waals surface area (Å²) in [7, 11) is 0. The van der Waals surface area contributed by atoms with Gasteiger partial charge in [-0.1, -0.05) is 103 Å². The van der Waals surface area contributed by atoms with Gasteiger partial charge < -0.3 is 25.2 Å². The molecular formula is C29H48O8. The van der Waals surface area contributed by atoms with Gasteiger partial charge in [0.1, 0.15) is 12.7 Å². The summed E-state index contributed by atoms with van der Waals surface area (Å²) >= 11 is 0. The van der Waals surface area contributed by atoms with E-state index < -0.39 is 18.0 Å². The predicted molar refractivity (Wildman–Crippen MR) is 144 cm³/mol. The number of carbonyl (C=O) groups excluding carboxylic acids is 1. The van der Waals surface area contributed by atoms with Crippen molar-refractivity contribution in [3.63, 3.8) is 0 Å². The highest BCUT2D eigenvalue weighted by molar-refractivity contribution is 6.01. The Balaban J connectivity index is 0.000000893. The molecule has 1 aromatic carbocycles. The van der Waals surface area contributed by atoms with Crippen LogP contribution in [0.25, 0.3) is 0 Å². The van der Waals surface area contributed by atoms with Crippen molar-refractivity contribution >= 4 is 17.9 Å². The third kappa shape index (κ3) is 17.6. The lowest BCUT2D eigenvalue weighted by atomic mass is 9.94.